The van der Waals surface area contributed by atoms with E-state index in [1.807, 2.05) is 11.8 Å². The van der Waals surface area contributed by atoms with Gasteiger partial charge in [0.25, 0.3) is 0 Å². The van der Waals surface area contributed by atoms with Crippen molar-refractivity contribution in [1.29, 1.82) is 0 Å². The van der Waals surface area contributed by atoms with Crippen molar-refractivity contribution in [3.05, 3.63) is 0 Å². The smallest absolute Gasteiger partial charge is 0.191 e. The monoisotopic (exact) mass is 361 g/mol. The van der Waals surface area contributed by atoms with Gasteiger partial charge in [-0.3, -0.25) is 4.99 Å². The molecule has 0 aromatic carbocycles. The van der Waals surface area contributed by atoms with Crippen molar-refractivity contribution in [3.63, 3.8) is 0 Å². The molecule has 1 heterocycles. The highest BCUT2D eigenvalue weighted by molar-refractivity contribution is 7.99. The maximum Gasteiger partial charge on any atom is 0.191 e. The number of thioether (sulfide) groups is 1. The van der Waals surface area contributed by atoms with E-state index in [9.17, 15) is 8.42 Å². The van der Waals surface area contributed by atoms with E-state index in [1.165, 1.54) is 25.7 Å². The van der Waals surface area contributed by atoms with Gasteiger partial charge >= 0.3 is 0 Å². The lowest BCUT2D eigenvalue weighted by atomic mass is 9.95. The Labute approximate surface area is 145 Å². The molecule has 3 atom stereocenters. The number of nitrogens with zero attached hydrogens (tertiary/aromatic N) is 1. The average Bonchev–Trinajstić information content (AvgIpc) is 2.84. The Morgan fingerprint density at radius 1 is 1.30 bits per heavy atom. The first-order chi connectivity index (χ1) is 10.9. The number of hydrogen-bond acceptors (Lipinski definition) is 4. The first-order valence-electron chi connectivity index (χ1n) is 8.68. The van der Waals surface area contributed by atoms with Gasteiger partial charge in [0.2, 0.25) is 0 Å². The fourth-order valence-corrected chi connectivity index (χ4v) is 6.00. The summed E-state index contributed by atoms with van der Waals surface area (Å²) in [6.07, 6.45) is 7.88. The largest absolute Gasteiger partial charge is 0.354 e. The third-order valence-electron chi connectivity index (χ3n) is 4.56. The molecule has 23 heavy (non-hydrogen) atoms. The van der Waals surface area contributed by atoms with Gasteiger partial charge in [-0.1, -0.05) is 6.42 Å². The summed E-state index contributed by atoms with van der Waals surface area (Å²) in [4.78, 5) is 4.68. The molecule has 1 saturated carbocycles. The molecule has 5 nitrogen and oxygen atoms in total. The quantitative estimate of drug-likeness (QED) is 0.579. The van der Waals surface area contributed by atoms with Crippen LogP contribution in [0.3, 0.4) is 0 Å². The Bertz CT molecular complexity index is 505. The molecule has 1 aliphatic carbocycles. The van der Waals surface area contributed by atoms with Crippen LogP contribution in [0.4, 0.5) is 0 Å². The average molecular weight is 362 g/mol. The lowest BCUT2D eigenvalue weighted by Gasteiger charge is -2.30. The molecular weight excluding hydrogens is 330 g/mol. The molecule has 1 saturated heterocycles. The molecule has 2 aliphatic rings. The molecule has 0 radical (unpaired) electrons. The van der Waals surface area contributed by atoms with Crippen LogP contribution in [0.2, 0.25) is 0 Å². The van der Waals surface area contributed by atoms with Crippen LogP contribution >= 0.6 is 11.8 Å². The van der Waals surface area contributed by atoms with E-state index in [0.29, 0.717) is 30.1 Å². The second-order valence-corrected chi connectivity index (χ2v) is 10.5. The topological polar surface area (TPSA) is 70.6 Å². The van der Waals surface area contributed by atoms with Gasteiger partial charge in [-0.05, 0) is 51.7 Å². The summed E-state index contributed by atoms with van der Waals surface area (Å²) in [5.74, 6) is 1.64. The van der Waals surface area contributed by atoms with E-state index >= 15 is 0 Å². The lowest BCUT2D eigenvalue weighted by molar-refractivity contribution is 0.417. The van der Waals surface area contributed by atoms with Crippen LogP contribution < -0.4 is 10.6 Å². The van der Waals surface area contributed by atoms with Gasteiger partial charge in [0.1, 0.15) is 0 Å². The maximum atomic E-state index is 11.6. The van der Waals surface area contributed by atoms with Crippen molar-refractivity contribution in [2.24, 2.45) is 10.9 Å². The summed E-state index contributed by atoms with van der Waals surface area (Å²) in [7, 11) is -2.82. The molecule has 1 aliphatic heterocycles. The maximum absolute atomic E-state index is 11.6. The second-order valence-electron chi connectivity index (χ2n) is 7.12. The first-order valence-corrected chi connectivity index (χ1v) is 11.8. The van der Waals surface area contributed by atoms with Crippen molar-refractivity contribution < 1.29 is 8.42 Å². The highest BCUT2D eigenvalue weighted by Gasteiger charge is 2.28. The molecule has 134 valence electrons. The molecule has 2 rings (SSSR count). The van der Waals surface area contributed by atoms with Gasteiger partial charge in [-0.2, -0.15) is 11.8 Å². The van der Waals surface area contributed by atoms with E-state index < -0.39 is 9.84 Å². The van der Waals surface area contributed by atoms with Crippen molar-refractivity contribution >= 4 is 27.6 Å². The Hall–Kier alpha value is -0.430. The Morgan fingerprint density at radius 3 is 2.70 bits per heavy atom. The van der Waals surface area contributed by atoms with Crippen LogP contribution in [0.1, 0.15) is 46.0 Å². The zero-order valence-electron chi connectivity index (χ0n) is 14.5. The van der Waals surface area contributed by atoms with Crippen LogP contribution in [0.25, 0.3) is 0 Å². The van der Waals surface area contributed by atoms with Gasteiger partial charge in [0, 0.05) is 23.9 Å². The predicted molar refractivity (Wildman–Crippen MR) is 100 cm³/mol. The van der Waals surface area contributed by atoms with Crippen LogP contribution in [0, 0.1) is 5.92 Å². The van der Waals surface area contributed by atoms with Crippen molar-refractivity contribution in [1.82, 2.24) is 10.6 Å². The normalized spacial score (nSPS) is 31.3. The third kappa shape index (κ3) is 6.53. The second kappa shape index (κ2) is 8.60. The number of guanidine groups is 1. The molecule has 2 fully saturated rings. The number of nitrogens with one attached hydrogen (secondary N) is 2. The Morgan fingerprint density at radius 2 is 2.09 bits per heavy atom. The van der Waals surface area contributed by atoms with E-state index in [1.54, 1.807) is 0 Å². The lowest BCUT2D eigenvalue weighted by Crippen LogP contribution is -2.48. The number of rotatable bonds is 5. The fourth-order valence-electron chi connectivity index (χ4n) is 3.33. The third-order valence-corrected chi connectivity index (χ3v) is 7.49. The SMILES string of the molecule is CSC1CCCC(NC(=NCC2CCS(=O)(=O)C2)NC(C)C)C1. The molecule has 0 bridgehead atoms. The molecule has 0 aromatic rings. The van der Waals surface area contributed by atoms with Crippen molar-refractivity contribution in [2.75, 3.05) is 24.3 Å². The van der Waals surface area contributed by atoms with E-state index in [-0.39, 0.29) is 5.92 Å². The van der Waals surface area contributed by atoms with Gasteiger partial charge in [-0.25, -0.2) is 8.42 Å². The van der Waals surface area contributed by atoms with Gasteiger partial charge in [0.05, 0.1) is 11.5 Å². The molecule has 3 unspecified atom stereocenters. The van der Waals surface area contributed by atoms with Gasteiger partial charge in [-0.15, -0.1) is 0 Å². The summed E-state index contributed by atoms with van der Waals surface area (Å²) < 4.78 is 23.1. The fraction of sp³-hybridized carbons (Fsp3) is 0.938. The summed E-state index contributed by atoms with van der Waals surface area (Å²) >= 11 is 1.96. The minimum absolute atomic E-state index is 0.177. The van der Waals surface area contributed by atoms with Gasteiger partial charge < -0.3 is 10.6 Å². The highest BCUT2D eigenvalue weighted by atomic mass is 32.2. The number of hydrogen-bond donors (Lipinski definition) is 2. The molecular formula is C16H31N3O2S2. The van der Waals surface area contributed by atoms with Gasteiger partial charge in [0.15, 0.2) is 15.8 Å². The highest BCUT2D eigenvalue weighted by Crippen LogP contribution is 2.26. The minimum atomic E-state index is -2.82. The van der Waals surface area contributed by atoms with Crippen LogP contribution in [-0.2, 0) is 9.84 Å². The van der Waals surface area contributed by atoms with Crippen molar-refractivity contribution in [3.8, 4) is 0 Å². The molecule has 7 heteroatoms. The summed E-state index contributed by atoms with van der Waals surface area (Å²) in [6.45, 7) is 4.80. The van der Waals surface area contributed by atoms with Crippen molar-refractivity contribution in [2.45, 2.75) is 63.3 Å². The van der Waals surface area contributed by atoms with E-state index in [0.717, 1.165) is 17.6 Å². The Balaban J connectivity index is 1.92. The van der Waals surface area contributed by atoms with Crippen LogP contribution in [-0.4, -0.2) is 56.0 Å². The summed E-state index contributed by atoms with van der Waals surface area (Å²) in [6, 6.07) is 0.784. The molecule has 0 aromatic heterocycles. The number of sulfone groups is 1. The van der Waals surface area contributed by atoms with Crippen LogP contribution in [0.5, 0.6) is 0 Å². The summed E-state index contributed by atoms with van der Waals surface area (Å²) in [5.41, 5.74) is 0. The molecule has 0 amide bonds. The summed E-state index contributed by atoms with van der Waals surface area (Å²) in [5, 5.41) is 7.70. The standard InChI is InChI=1S/C16H31N3O2S2/c1-12(2)18-16(17-10-13-7-8-23(20,21)11-13)19-14-5-4-6-15(9-14)22-3/h12-15H,4-11H2,1-3H3,(H2,17,18,19). The van der Waals surface area contributed by atoms with E-state index in [2.05, 4.69) is 35.7 Å². The zero-order chi connectivity index (χ0) is 16.9. The zero-order valence-corrected chi connectivity index (χ0v) is 16.2. The Kier molecular flexibility index (Phi) is 7.07. The molecule has 2 N–H and O–H groups in total. The van der Waals surface area contributed by atoms with Crippen LogP contribution in [0.15, 0.2) is 4.99 Å². The van der Waals surface area contributed by atoms with E-state index in [4.69, 9.17) is 0 Å². The first kappa shape index (κ1) is 18.9. The molecule has 0 spiro atoms. The number of aliphatic imine (C=N–C) groups is 1. The minimum Gasteiger partial charge on any atom is -0.354 e. The predicted octanol–water partition coefficient (Wildman–Crippen LogP) is 2.04.